The monoisotopic (exact) mass is 264 g/mol. The molecule has 0 saturated heterocycles. The van der Waals surface area contributed by atoms with Crippen LogP contribution >= 0.6 is 0 Å². The second-order valence-electron chi connectivity index (χ2n) is 3.59. The SMILES string of the molecule is O=[C]OCS(=O)(=O)Nc1cccc2ccccc12. The zero-order valence-corrected chi connectivity index (χ0v) is 10.1. The van der Waals surface area contributed by atoms with E-state index < -0.39 is 16.0 Å². The van der Waals surface area contributed by atoms with Gasteiger partial charge in [0, 0.05) is 5.39 Å². The summed E-state index contributed by atoms with van der Waals surface area (Å²) in [7, 11) is -3.72. The zero-order chi connectivity index (χ0) is 13.0. The van der Waals surface area contributed by atoms with Gasteiger partial charge in [0.2, 0.25) is 5.94 Å². The van der Waals surface area contributed by atoms with Crippen LogP contribution in [0.1, 0.15) is 0 Å². The molecule has 0 aromatic heterocycles. The fourth-order valence-electron chi connectivity index (χ4n) is 1.61. The number of rotatable bonds is 5. The first-order valence-electron chi connectivity index (χ1n) is 5.09. The Balaban J connectivity index is 2.35. The fourth-order valence-corrected chi connectivity index (χ4v) is 2.39. The van der Waals surface area contributed by atoms with Gasteiger partial charge in [0.1, 0.15) is 0 Å². The third kappa shape index (κ3) is 2.78. The molecule has 0 saturated carbocycles. The van der Waals surface area contributed by atoms with Gasteiger partial charge in [-0.15, -0.1) is 0 Å². The van der Waals surface area contributed by atoms with E-state index in [9.17, 15) is 13.2 Å². The summed E-state index contributed by atoms with van der Waals surface area (Å²) in [5.74, 6) is -0.750. The van der Waals surface area contributed by atoms with Crippen LogP contribution in [0.5, 0.6) is 0 Å². The lowest BCUT2D eigenvalue weighted by molar-refractivity contribution is 0.327. The van der Waals surface area contributed by atoms with Crippen LogP contribution in [-0.2, 0) is 19.6 Å². The van der Waals surface area contributed by atoms with Crippen molar-refractivity contribution in [2.45, 2.75) is 0 Å². The zero-order valence-electron chi connectivity index (χ0n) is 9.29. The topological polar surface area (TPSA) is 72.5 Å². The molecule has 0 unspecified atom stereocenters. The highest BCUT2D eigenvalue weighted by molar-refractivity contribution is 7.92. The van der Waals surface area contributed by atoms with E-state index in [0.29, 0.717) is 5.69 Å². The van der Waals surface area contributed by atoms with E-state index in [1.165, 1.54) is 0 Å². The number of hydrogen-bond donors (Lipinski definition) is 1. The molecule has 0 amide bonds. The van der Waals surface area contributed by atoms with Crippen LogP contribution in [0.4, 0.5) is 5.69 Å². The molecule has 0 atom stereocenters. The minimum atomic E-state index is -3.72. The Hall–Kier alpha value is -2.08. The van der Waals surface area contributed by atoms with Gasteiger partial charge in [-0.2, -0.15) is 0 Å². The van der Waals surface area contributed by atoms with Crippen molar-refractivity contribution in [3.8, 4) is 0 Å². The highest BCUT2D eigenvalue weighted by Gasteiger charge is 2.12. The Morgan fingerprint density at radius 1 is 1.11 bits per heavy atom. The third-order valence-electron chi connectivity index (χ3n) is 2.33. The summed E-state index contributed by atoms with van der Waals surface area (Å²) >= 11 is 0. The standard InChI is InChI=1S/C12H10NO4S/c14-8-17-9-18(15,16)13-12-7-3-5-10-4-1-2-6-11(10)12/h1-7,13H,9H2. The number of hydrogen-bond acceptors (Lipinski definition) is 4. The summed E-state index contributed by atoms with van der Waals surface area (Å²) in [5.41, 5.74) is 0.447. The van der Waals surface area contributed by atoms with Gasteiger partial charge in [-0.25, -0.2) is 13.2 Å². The van der Waals surface area contributed by atoms with E-state index in [4.69, 9.17) is 0 Å². The van der Waals surface area contributed by atoms with Crippen molar-refractivity contribution < 1.29 is 17.9 Å². The first kappa shape index (κ1) is 12.4. The van der Waals surface area contributed by atoms with Crippen LogP contribution in [0.3, 0.4) is 0 Å². The molecule has 93 valence electrons. The van der Waals surface area contributed by atoms with E-state index in [-0.39, 0.29) is 0 Å². The first-order valence-corrected chi connectivity index (χ1v) is 6.75. The molecule has 2 aromatic rings. The van der Waals surface area contributed by atoms with E-state index in [2.05, 4.69) is 9.46 Å². The molecule has 5 nitrogen and oxygen atoms in total. The predicted octanol–water partition coefficient (Wildman–Crippen LogP) is 1.62. The molecule has 6 heteroatoms. The van der Waals surface area contributed by atoms with Crippen molar-refractivity contribution in [2.24, 2.45) is 0 Å². The number of ether oxygens (including phenoxy) is 1. The van der Waals surface area contributed by atoms with E-state index in [1.807, 2.05) is 24.3 Å². The Morgan fingerprint density at radius 3 is 2.61 bits per heavy atom. The highest BCUT2D eigenvalue weighted by atomic mass is 32.2. The smallest absolute Gasteiger partial charge is 0.418 e. The average molecular weight is 264 g/mol. The molecule has 0 heterocycles. The van der Waals surface area contributed by atoms with Gasteiger partial charge in [0.15, 0.2) is 0 Å². The van der Waals surface area contributed by atoms with Crippen LogP contribution in [0.15, 0.2) is 42.5 Å². The number of nitrogens with one attached hydrogen (secondary N) is 1. The Kier molecular flexibility index (Phi) is 3.47. The number of sulfonamides is 1. The van der Waals surface area contributed by atoms with Crippen LogP contribution < -0.4 is 4.72 Å². The van der Waals surface area contributed by atoms with Crippen LogP contribution in [0.25, 0.3) is 10.8 Å². The maximum absolute atomic E-state index is 11.6. The van der Waals surface area contributed by atoms with E-state index in [0.717, 1.165) is 17.2 Å². The fraction of sp³-hybridized carbons (Fsp3) is 0.0833. The van der Waals surface area contributed by atoms with Gasteiger partial charge in [-0.05, 0) is 11.5 Å². The summed E-state index contributed by atoms with van der Waals surface area (Å²) < 4.78 is 29.7. The molecular formula is C12H10NO4S. The second kappa shape index (κ2) is 5.05. The molecule has 0 fully saturated rings. The van der Waals surface area contributed by atoms with Crippen molar-refractivity contribution in [2.75, 3.05) is 10.7 Å². The molecule has 1 radical (unpaired) electrons. The van der Waals surface area contributed by atoms with Crippen molar-refractivity contribution in [3.63, 3.8) is 0 Å². The van der Waals surface area contributed by atoms with Crippen molar-refractivity contribution in [3.05, 3.63) is 42.5 Å². The quantitative estimate of drug-likeness (QED) is 0.890. The average Bonchev–Trinajstić information content (AvgIpc) is 2.37. The molecule has 0 aliphatic rings. The lowest BCUT2D eigenvalue weighted by Crippen LogP contribution is -2.18. The van der Waals surface area contributed by atoms with E-state index >= 15 is 0 Å². The summed E-state index contributed by atoms with van der Waals surface area (Å²) in [6.07, 6.45) is 0. The maximum atomic E-state index is 11.6. The Morgan fingerprint density at radius 2 is 1.83 bits per heavy atom. The van der Waals surface area contributed by atoms with Gasteiger partial charge < -0.3 is 4.74 Å². The maximum Gasteiger partial charge on any atom is 0.418 e. The Labute approximate surface area is 104 Å². The first-order chi connectivity index (χ1) is 8.62. The van der Waals surface area contributed by atoms with Gasteiger partial charge in [-0.1, -0.05) is 36.4 Å². The number of fused-ring (bicyclic) bond motifs is 1. The van der Waals surface area contributed by atoms with Crippen molar-refractivity contribution in [1.82, 2.24) is 0 Å². The summed E-state index contributed by atoms with van der Waals surface area (Å²) in [4.78, 5) is 9.88. The molecule has 0 aliphatic heterocycles. The molecule has 2 aromatic carbocycles. The lowest BCUT2D eigenvalue weighted by Gasteiger charge is -2.09. The second-order valence-corrected chi connectivity index (χ2v) is 5.26. The minimum absolute atomic E-state index is 0.447. The van der Waals surface area contributed by atoms with Crippen LogP contribution in [0, 0.1) is 0 Å². The number of benzene rings is 2. The largest absolute Gasteiger partial charge is 0.439 e. The van der Waals surface area contributed by atoms with Crippen molar-refractivity contribution >= 4 is 33.0 Å². The molecule has 0 spiro atoms. The normalized spacial score (nSPS) is 11.1. The third-order valence-corrected chi connectivity index (χ3v) is 3.29. The number of carbonyl (C=O) groups excluding carboxylic acids is 1. The molecule has 2 rings (SSSR count). The van der Waals surface area contributed by atoms with E-state index in [1.54, 1.807) is 18.2 Å². The van der Waals surface area contributed by atoms with Gasteiger partial charge in [0.25, 0.3) is 10.0 Å². The van der Waals surface area contributed by atoms with Gasteiger partial charge in [-0.3, -0.25) is 4.72 Å². The van der Waals surface area contributed by atoms with Gasteiger partial charge >= 0.3 is 6.47 Å². The Bertz CT molecular complexity index is 661. The van der Waals surface area contributed by atoms with Crippen LogP contribution in [0.2, 0.25) is 0 Å². The predicted molar refractivity (Wildman–Crippen MR) is 68.1 cm³/mol. The molecular weight excluding hydrogens is 254 g/mol. The molecule has 0 aliphatic carbocycles. The van der Waals surface area contributed by atoms with Crippen LogP contribution in [-0.4, -0.2) is 20.8 Å². The summed E-state index contributed by atoms with van der Waals surface area (Å²) in [6.45, 7) is 1.08. The molecule has 18 heavy (non-hydrogen) atoms. The van der Waals surface area contributed by atoms with Crippen molar-refractivity contribution in [1.29, 1.82) is 0 Å². The summed E-state index contributed by atoms with van der Waals surface area (Å²) in [5, 5.41) is 1.69. The van der Waals surface area contributed by atoms with Gasteiger partial charge in [0.05, 0.1) is 5.69 Å². The molecule has 1 N–H and O–H groups in total. The lowest BCUT2D eigenvalue weighted by atomic mass is 10.1. The molecule has 0 bridgehead atoms. The summed E-state index contributed by atoms with van der Waals surface area (Å²) in [6, 6.07) is 12.6. The number of anilines is 1. The minimum Gasteiger partial charge on any atom is -0.439 e. The highest BCUT2D eigenvalue weighted by Crippen LogP contribution is 2.23.